The van der Waals surface area contributed by atoms with Crippen LogP contribution in [0.15, 0.2) is 64.1 Å². The lowest BCUT2D eigenvalue weighted by Crippen LogP contribution is -2.49. The van der Waals surface area contributed by atoms with E-state index in [0.29, 0.717) is 48.8 Å². The van der Waals surface area contributed by atoms with E-state index in [-0.39, 0.29) is 17.1 Å². The van der Waals surface area contributed by atoms with Crippen LogP contribution >= 0.6 is 0 Å². The highest BCUT2D eigenvalue weighted by Crippen LogP contribution is 2.19. The van der Waals surface area contributed by atoms with E-state index in [9.17, 15) is 9.59 Å². The van der Waals surface area contributed by atoms with Crippen molar-refractivity contribution in [2.75, 3.05) is 31.1 Å². The lowest BCUT2D eigenvalue weighted by molar-refractivity contribution is 0.0715. The Morgan fingerprint density at radius 2 is 1.77 bits per heavy atom. The van der Waals surface area contributed by atoms with Crippen molar-refractivity contribution in [2.24, 2.45) is 0 Å². The maximum Gasteiger partial charge on any atom is 0.289 e. The smallest absolute Gasteiger partial charge is 0.289 e. The maximum atomic E-state index is 12.9. The number of hydrogen-bond donors (Lipinski definition) is 0. The number of nitrogens with zero attached hydrogens (tertiary/aromatic N) is 6. The summed E-state index contributed by atoms with van der Waals surface area (Å²) in [5.41, 5.74) is 0.200. The zero-order valence-electron chi connectivity index (χ0n) is 16.9. The monoisotopic (exact) mass is 416 g/mol. The van der Waals surface area contributed by atoms with Crippen molar-refractivity contribution in [3.05, 3.63) is 76.7 Å². The molecule has 0 N–H and O–H groups in total. The molecule has 5 rings (SSSR count). The number of para-hydroxylation sites is 1. The van der Waals surface area contributed by atoms with E-state index >= 15 is 0 Å². The van der Waals surface area contributed by atoms with Crippen LogP contribution in [-0.2, 0) is 0 Å². The molecule has 0 spiro atoms. The number of hydrogen-bond acceptors (Lipinski definition) is 7. The molecule has 1 saturated heterocycles. The molecule has 1 aliphatic rings. The van der Waals surface area contributed by atoms with Gasteiger partial charge in [0, 0.05) is 50.7 Å². The second-order valence-electron chi connectivity index (χ2n) is 7.33. The summed E-state index contributed by atoms with van der Waals surface area (Å²) in [5, 5.41) is 4.70. The van der Waals surface area contributed by atoms with E-state index in [4.69, 9.17) is 4.42 Å². The Labute approximate surface area is 177 Å². The standard InChI is InChI=1S/C22H20N6O3/c1-15-24-20(14-21(25-15)28-8-4-7-23-28)26-9-11-27(12-10-26)22(30)19-13-17(29)16-5-2-3-6-18(16)31-19/h2-8,13-14H,9-12H2,1H3. The molecule has 4 heterocycles. The van der Waals surface area contributed by atoms with Crippen LogP contribution in [0.3, 0.4) is 0 Å². The Morgan fingerprint density at radius 1 is 1.00 bits per heavy atom. The SMILES string of the molecule is Cc1nc(N2CCN(C(=O)c3cc(=O)c4ccccc4o3)CC2)cc(-n2cccn2)n1. The number of amides is 1. The van der Waals surface area contributed by atoms with E-state index in [1.54, 1.807) is 40.0 Å². The number of rotatable bonds is 3. The van der Waals surface area contributed by atoms with Gasteiger partial charge in [-0.3, -0.25) is 9.59 Å². The number of benzene rings is 1. The van der Waals surface area contributed by atoms with Gasteiger partial charge in [0.25, 0.3) is 5.91 Å². The van der Waals surface area contributed by atoms with Gasteiger partial charge in [0.15, 0.2) is 17.0 Å². The number of carbonyl (C=O) groups excluding carboxylic acids is 1. The average Bonchev–Trinajstić information content (AvgIpc) is 3.33. The molecular weight excluding hydrogens is 396 g/mol. The molecular formula is C22H20N6O3. The molecule has 31 heavy (non-hydrogen) atoms. The van der Waals surface area contributed by atoms with Gasteiger partial charge in [0.05, 0.1) is 5.39 Å². The van der Waals surface area contributed by atoms with Crippen molar-refractivity contribution in [3.63, 3.8) is 0 Å². The summed E-state index contributed by atoms with van der Waals surface area (Å²) in [6.45, 7) is 4.06. The molecule has 1 amide bonds. The number of aryl methyl sites for hydroxylation is 1. The van der Waals surface area contributed by atoms with Gasteiger partial charge in [0.2, 0.25) is 0 Å². The average molecular weight is 416 g/mol. The van der Waals surface area contributed by atoms with Gasteiger partial charge in [-0.2, -0.15) is 5.10 Å². The minimum Gasteiger partial charge on any atom is -0.451 e. The minimum absolute atomic E-state index is 0.0657. The van der Waals surface area contributed by atoms with E-state index in [2.05, 4.69) is 20.0 Å². The van der Waals surface area contributed by atoms with Crippen LogP contribution in [0.1, 0.15) is 16.4 Å². The zero-order valence-corrected chi connectivity index (χ0v) is 16.9. The highest BCUT2D eigenvalue weighted by molar-refractivity contribution is 5.93. The fourth-order valence-electron chi connectivity index (χ4n) is 3.72. The molecule has 1 aliphatic heterocycles. The summed E-state index contributed by atoms with van der Waals surface area (Å²) in [7, 11) is 0. The van der Waals surface area contributed by atoms with Crippen molar-refractivity contribution >= 4 is 22.7 Å². The Balaban J connectivity index is 1.33. The van der Waals surface area contributed by atoms with Crippen LogP contribution in [0.4, 0.5) is 5.82 Å². The fourth-order valence-corrected chi connectivity index (χ4v) is 3.72. The normalized spacial score (nSPS) is 14.2. The van der Waals surface area contributed by atoms with Gasteiger partial charge in [-0.15, -0.1) is 0 Å². The summed E-state index contributed by atoms with van der Waals surface area (Å²) in [6.07, 6.45) is 3.53. The summed E-state index contributed by atoms with van der Waals surface area (Å²) >= 11 is 0. The second kappa shape index (κ2) is 7.67. The highest BCUT2D eigenvalue weighted by Gasteiger charge is 2.25. The third kappa shape index (κ3) is 3.65. The number of carbonyl (C=O) groups is 1. The number of piperazine rings is 1. The molecule has 3 aromatic heterocycles. The summed E-state index contributed by atoms with van der Waals surface area (Å²) in [4.78, 5) is 38.1. The van der Waals surface area contributed by atoms with Crippen LogP contribution in [0.25, 0.3) is 16.8 Å². The van der Waals surface area contributed by atoms with Crippen molar-refractivity contribution in [2.45, 2.75) is 6.92 Å². The zero-order chi connectivity index (χ0) is 21.4. The Hall–Kier alpha value is -4.01. The third-order valence-corrected chi connectivity index (χ3v) is 5.29. The summed E-state index contributed by atoms with van der Waals surface area (Å²) in [6, 6.07) is 11.9. The number of fused-ring (bicyclic) bond motifs is 1. The van der Waals surface area contributed by atoms with Gasteiger partial charge in [0.1, 0.15) is 17.2 Å². The maximum absolute atomic E-state index is 12.9. The Bertz CT molecular complexity index is 1310. The van der Waals surface area contributed by atoms with Gasteiger partial charge in [-0.1, -0.05) is 12.1 Å². The quantitative estimate of drug-likeness (QED) is 0.504. The lowest BCUT2D eigenvalue weighted by Gasteiger charge is -2.35. The first-order valence-corrected chi connectivity index (χ1v) is 10.0. The topological polar surface area (TPSA) is 97.4 Å². The first-order chi connectivity index (χ1) is 15.1. The van der Waals surface area contributed by atoms with Crippen LogP contribution in [0.2, 0.25) is 0 Å². The molecule has 0 radical (unpaired) electrons. The van der Waals surface area contributed by atoms with Crippen LogP contribution in [0.5, 0.6) is 0 Å². The van der Waals surface area contributed by atoms with Crippen LogP contribution in [0, 0.1) is 6.92 Å². The van der Waals surface area contributed by atoms with Gasteiger partial charge >= 0.3 is 0 Å². The summed E-state index contributed by atoms with van der Waals surface area (Å²) < 4.78 is 7.40. The van der Waals surface area contributed by atoms with Crippen molar-refractivity contribution in [1.29, 1.82) is 0 Å². The molecule has 9 heteroatoms. The van der Waals surface area contributed by atoms with Crippen LogP contribution in [-0.4, -0.2) is 56.7 Å². The number of aromatic nitrogens is 4. The highest BCUT2D eigenvalue weighted by atomic mass is 16.3. The summed E-state index contributed by atoms with van der Waals surface area (Å²) in [5.74, 6) is 1.93. The Kier molecular flexibility index (Phi) is 4.70. The van der Waals surface area contributed by atoms with E-state index < -0.39 is 0 Å². The largest absolute Gasteiger partial charge is 0.451 e. The van der Waals surface area contributed by atoms with Crippen molar-refractivity contribution in [3.8, 4) is 5.82 Å². The first-order valence-electron chi connectivity index (χ1n) is 10.0. The van der Waals surface area contributed by atoms with Crippen LogP contribution < -0.4 is 10.3 Å². The molecule has 1 aromatic carbocycles. The minimum atomic E-state index is -0.279. The molecule has 0 bridgehead atoms. The molecule has 156 valence electrons. The van der Waals surface area contributed by atoms with E-state index in [1.807, 2.05) is 25.3 Å². The first kappa shape index (κ1) is 19.0. The van der Waals surface area contributed by atoms with Crippen molar-refractivity contribution in [1.82, 2.24) is 24.6 Å². The Morgan fingerprint density at radius 3 is 2.55 bits per heavy atom. The van der Waals surface area contributed by atoms with Gasteiger partial charge < -0.3 is 14.2 Å². The number of anilines is 1. The molecule has 4 aromatic rings. The van der Waals surface area contributed by atoms with E-state index in [1.165, 1.54) is 6.07 Å². The second-order valence-corrected chi connectivity index (χ2v) is 7.33. The molecule has 0 aliphatic carbocycles. The molecule has 0 unspecified atom stereocenters. The third-order valence-electron chi connectivity index (χ3n) is 5.29. The predicted octanol–water partition coefficient (Wildman–Crippen LogP) is 2.04. The molecule has 0 atom stereocenters. The predicted molar refractivity (Wildman–Crippen MR) is 114 cm³/mol. The van der Waals surface area contributed by atoms with Gasteiger partial charge in [-0.25, -0.2) is 14.6 Å². The molecule has 9 nitrogen and oxygen atoms in total. The fraction of sp³-hybridized carbons (Fsp3) is 0.227. The van der Waals surface area contributed by atoms with Crippen molar-refractivity contribution < 1.29 is 9.21 Å². The molecule has 0 saturated carbocycles. The molecule has 1 fully saturated rings. The van der Waals surface area contributed by atoms with Gasteiger partial charge in [-0.05, 0) is 25.1 Å². The lowest BCUT2D eigenvalue weighted by atomic mass is 10.2. The van der Waals surface area contributed by atoms with E-state index in [0.717, 1.165) is 5.82 Å².